The molecule has 0 spiro atoms. The normalized spacial score (nSPS) is 10.9. The first-order valence-corrected chi connectivity index (χ1v) is 8.75. The van der Waals surface area contributed by atoms with E-state index < -0.39 is 0 Å². The molecule has 0 bridgehead atoms. The van der Waals surface area contributed by atoms with Gasteiger partial charge in [-0.15, -0.1) is 21.5 Å². The van der Waals surface area contributed by atoms with Gasteiger partial charge in [-0.2, -0.15) is 0 Å². The molecule has 4 rings (SSSR count). The first-order valence-electron chi connectivity index (χ1n) is 7.11. The smallest absolute Gasteiger partial charge is 0.257 e. The standard InChI is InChI=1S/C16H11N5OS2/c1-9-18-12-5-4-10(7-13(12)23-9)14(22)19-16-21-20-15(24-16)11-3-2-6-17-8-11/h2-8H,1H3,(H,19,21,22). The number of fused-ring (bicyclic) bond motifs is 1. The van der Waals surface area contributed by atoms with Crippen LogP contribution in [-0.4, -0.2) is 26.1 Å². The Morgan fingerprint density at radius 2 is 2.08 bits per heavy atom. The number of carbonyl (C=O) groups is 1. The fraction of sp³-hybridized carbons (Fsp3) is 0.0625. The fourth-order valence-electron chi connectivity index (χ4n) is 2.23. The number of rotatable bonds is 3. The maximum atomic E-state index is 12.4. The average molecular weight is 353 g/mol. The number of pyridine rings is 1. The van der Waals surface area contributed by atoms with Crippen LogP contribution in [0.15, 0.2) is 42.7 Å². The van der Waals surface area contributed by atoms with E-state index >= 15 is 0 Å². The van der Waals surface area contributed by atoms with E-state index in [1.807, 2.05) is 31.2 Å². The number of benzene rings is 1. The Kier molecular flexibility index (Phi) is 3.75. The lowest BCUT2D eigenvalue weighted by molar-refractivity contribution is 0.102. The van der Waals surface area contributed by atoms with Crippen molar-refractivity contribution in [1.29, 1.82) is 0 Å². The van der Waals surface area contributed by atoms with Crippen LogP contribution in [0.5, 0.6) is 0 Å². The van der Waals surface area contributed by atoms with E-state index in [9.17, 15) is 4.79 Å². The summed E-state index contributed by atoms with van der Waals surface area (Å²) in [6.45, 7) is 1.95. The first-order chi connectivity index (χ1) is 11.7. The van der Waals surface area contributed by atoms with Crippen molar-refractivity contribution in [2.75, 3.05) is 5.32 Å². The van der Waals surface area contributed by atoms with Crippen LogP contribution >= 0.6 is 22.7 Å². The molecule has 1 N–H and O–H groups in total. The molecule has 0 unspecified atom stereocenters. The third kappa shape index (κ3) is 2.89. The van der Waals surface area contributed by atoms with Crippen LogP contribution in [0.4, 0.5) is 5.13 Å². The van der Waals surface area contributed by atoms with Gasteiger partial charge in [0.15, 0.2) is 5.01 Å². The maximum absolute atomic E-state index is 12.4. The third-order valence-corrected chi connectivity index (χ3v) is 5.13. The number of nitrogens with one attached hydrogen (secondary N) is 1. The average Bonchev–Trinajstić information content (AvgIpc) is 3.20. The Balaban J connectivity index is 1.56. The summed E-state index contributed by atoms with van der Waals surface area (Å²) >= 11 is 2.88. The number of amides is 1. The summed E-state index contributed by atoms with van der Waals surface area (Å²) in [6, 6.07) is 9.20. The SMILES string of the molecule is Cc1nc2ccc(C(=O)Nc3nnc(-c4cccnc4)s3)cc2s1. The number of hydrogen-bond donors (Lipinski definition) is 1. The monoisotopic (exact) mass is 353 g/mol. The Morgan fingerprint density at radius 1 is 1.17 bits per heavy atom. The van der Waals surface area contributed by atoms with Gasteiger partial charge in [-0.25, -0.2) is 4.98 Å². The molecule has 1 aromatic carbocycles. The molecule has 1 amide bonds. The van der Waals surface area contributed by atoms with Crippen LogP contribution in [0, 0.1) is 6.92 Å². The van der Waals surface area contributed by atoms with Crippen molar-refractivity contribution in [3.8, 4) is 10.6 Å². The zero-order valence-electron chi connectivity index (χ0n) is 12.6. The lowest BCUT2D eigenvalue weighted by atomic mass is 10.2. The molecule has 6 nitrogen and oxygen atoms in total. The summed E-state index contributed by atoms with van der Waals surface area (Å²) in [5.41, 5.74) is 2.35. The van der Waals surface area contributed by atoms with Gasteiger partial charge < -0.3 is 0 Å². The van der Waals surface area contributed by atoms with Crippen LogP contribution in [0.1, 0.15) is 15.4 Å². The van der Waals surface area contributed by atoms with Gasteiger partial charge in [0.1, 0.15) is 0 Å². The zero-order chi connectivity index (χ0) is 16.5. The van der Waals surface area contributed by atoms with Gasteiger partial charge >= 0.3 is 0 Å². The highest BCUT2D eigenvalue weighted by Crippen LogP contribution is 2.26. The van der Waals surface area contributed by atoms with Crippen molar-refractivity contribution >= 4 is 43.9 Å². The topological polar surface area (TPSA) is 80.7 Å². The highest BCUT2D eigenvalue weighted by atomic mass is 32.1. The molecule has 8 heteroatoms. The molecular weight excluding hydrogens is 342 g/mol. The number of nitrogens with zero attached hydrogens (tertiary/aromatic N) is 4. The number of hydrogen-bond acceptors (Lipinski definition) is 7. The molecule has 0 atom stereocenters. The lowest BCUT2D eigenvalue weighted by Crippen LogP contribution is -2.11. The second-order valence-electron chi connectivity index (χ2n) is 5.02. The Hall–Kier alpha value is -2.71. The molecule has 4 aromatic rings. The van der Waals surface area contributed by atoms with Gasteiger partial charge in [-0.3, -0.25) is 15.1 Å². The summed E-state index contributed by atoms with van der Waals surface area (Å²) in [6.07, 6.45) is 3.41. The highest BCUT2D eigenvalue weighted by Gasteiger charge is 2.12. The number of anilines is 1. The van der Waals surface area contributed by atoms with Crippen molar-refractivity contribution in [2.24, 2.45) is 0 Å². The second kappa shape index (κ2) is 6.06. The van der Waals surface area contributed by atoms with Crippen LogP contribution in [0.3, 0.4) is 0 Å². The molecule has 3 aromatic heterocycles. The molecule has 118 valence electrons. The van der Waals surface area contributed by atoms with Crippen molar-refractivity contribution in [2.45, 2.75) is 6.92 Å². The number of thiazole rings is 1. The van der Waals surface area contributed by atoms with Gasteiger partial charge in [-0.1, -0.05) is 11.3 Å². The molecule has 24 heavy (non-hydrogen) atoms. The van der Waals surface area contributed by atoms with Gasteiger partial charge in [-0.05, 0) is 37.3 Å². The lowest BCUT2D eigenvalue weighted by Gasteiger charge is -2.00. The van der Waals surface area contributed by atoms with Crippen LogP contribution < -0.4 is 5.32 Å². The Labute approximate surface area is 145 Å². The summed E-state index contributed by atoms with van der Waals surface area (Å²) in [5.74, 6) is -0.211. The predicted molar refractivity (Wildman–Crippen MR) is 95.5 cm³/mol. The maximum Gasteiger partial charge on any atom is 0.257 e. The molecule has 0 radical (unpaired) electrons. The van der Waals surface area contributed by atoms with Gasteiger partial charge in [0.05, 0.1) is 15.2 Å². The van der Waals surface area contributed by atoms with E-state index in [0.29, 0.717) is 15.7 Å². The van der Waals surface area contributed by atoms with E-state index in [4.69, 9.17) is 0 Å². The van der Waals surface area contributed by atoms with Gasteiger partial charge in [0.2, 0.25) is 5.13 Å². The molecule has 3 heterocycles. The zero-order valence-corrected chi connectivity index (χ0v) is 14.2. The largest absolute Gasteiger partial charge is 0.296 e. The van der Waals surface area contributed by atoms with Crippen LogP contribution in [0.2, 0.25) is 0 Å². The van der Waals surface area contributed by atoms with E-state index in [-0.39, 0.29) is 5.91 Å². The minimum absolute atomic E-state index is 0.211. The molecule has 0 saturated carbocycles. The number of aromatic nitrogens is 4. The van der Waals surface area contributed by atoms with Crippen molar-refractivity contribution in [3.63, 3.8) is 0 Å². The molecule has 0 fully saturated rings. The van der Waals surface area contributed by atoms with Crippen molar-refractivity contribution in [1.82, 2.24) is 20.2 Å². The first kappa shape index (κ1) is 14.9. The van der Waals surface area contributed by atoms with Crippen LogP contribution in [-0.2, 0) is 0 Å². The van der Waals surface area contributed by atoms with Gasteiger partial charge in [0.25, 0.3) is 5.91 Å². The number of aryl methyl sites for hydroxylation is 1. The predicted octanol–water partition coefficient (Wildman–Crippen LogP) is 3.77. The minimum Gasteiger partial charge on any atom is -0.296 e. The summed E-state index contributed by atoms with van der Waals surface area (Å²) in [4.78, 5) is 20.9. The van der Waals surface area contributed by atoms with Crippen molar-refractivity contribution in [3.05, 3.63) is 53.3 Å². The van der Waals surface area contributed by atoms with Crippen molar-refractivity contribution < 1.29 is 4.79 Å². The van der Waals surface area contributed by atoms with Crippen LogP contribution in [0.25, 0.3) is 20.8 Å². The molecular formula is C16H11N5OS2. The fourth-order valence-corrected chi connectivity index (χ4v) is 3.83. The summed E-state index contributed by atoms with van der Waals surface area (Å²) < 4.78 is 0.994. The minimum atomic E-state index is -0.211. The quantitative estimate of drug-likeness (QED) is 0.606. The highest BCUT2D eigenvalue weighted by molar-refractivity contribution is 7.19. The third-order valence-electron chi connectivity index (χ3n) is 3.31. The molecule has 0 aliphatic carbocycles. The summed E-state index contributed by atoms with van der Waals surface area (Å²) in [5, 5.41) is 13.1. The van der Waals surface area contributed by atoms with E-state index in [2.05, 4.69) is 25.5 Å². The van der Waals surface area contributed by atoms with E-state index in [1.54, 1.807) is 29.8 Å². The van der Waals surface area contributed by atoms with E-state index in [1.165, 1.54) is 11.3 Å². The molecule has 0 aliphatic heterocycles. The Bertz CT molecular complexity index is 1030. The van der Waals surface area contributed by atoms with Gasteiger partial charge in [0, 0.05) is 23.5 Å². The number of carbonyl (C=O) groups excluding carboxylic acids is 1. The Morgan fingerprint density at radius 3 is 2.92 bits per heavy atom. The summed E-state index contributed by atoms with van der Waals surface area (Å²) in [7, 11) is 0. The molecule has 0 aliphatic rings. The van der Waals surface area contributed by atoms with E-state index in [0.717, 1.165) is 20.8 Å². The second-order valence-corrected chi connectivity index (χ2v) is 7.24. The molecule has 0 saturated heterocycles.